The lowest BCUT2D eigenvalue weighted by Crippen LogP contribution is -2.37. The molecule has 0 aromatic heterocycles. The molecule has 1 N–H and O–H groups in total. The van der Waals surface area contributed by atoms with Crippen molar-refractivity contribution in [1.82, 2.24) is 10.2 Å². The highest BCUT2D eigenvalue weighted by atomic mass is 19.1. The van der Waals surface area contributed by atoms with Crippen LogP contribution in [0, 0.1) is 23.1 Å². The third-order valence-corrected chi connectivity index (χ3v) is 4.09. The van der Waals surface area contributed by atoms with Gasteiger partial charge in [-0.1, -0.05) is 6.92 Å². The van der Waals surface area contributed by atoms with Gasteiger partial charge in [0.15, 0.2) is 0 Å². The summed E-state index contributed by atoms with van der Waals surface area (Å²) in [5.74, 6) is 0.411. The number of halogens is 1. The van der Waals surface area contributed by atoms with Gasteiger partial charge in [0.2, 0.25) is 0 Å². The Hall–Kier alpha value is -1.44. The van der Waals surface area contributed by atoms with Gasteiger partial charge in [-0.15, -0.1) is 0 Å². The molecule has 108 valence electrons. The molecular formula is C16H22FN3. The number of nitrogens with zero attached hydrogens (tertiary/aromatic N) is 2. The van der Waals surface area contributed by atoms with Gasteiger partial charge in [0.25, 0.3) is 0 Å². The summed E-state index contributed by atoms with van der Waals surface area (Å²) in [6.07, 6.45) is 2.43. The van der Waals surface area contributed by atoms with Crippen molar-refractivity contribution in [2.24, 2.45) is 5.92 Å². The molecule has 0 radical (unpaired) electrons. The maximum absolute atomic E-state index is 13.2. The third-order valence-electron chi connectivity index (χ3n) is 4.09. The number of nitrogens with one attached hydrogen (secondary N) is 1. The molecule has 4 heteroatoms. The molecule has 1 aromatic carbocycles. The van der Waals surface area contributed by atoms with Crippen molar-refractivity contribution in [1.29, 1.82) is 5.26 Å². The molecule has 1 saturated heterocycles. The number of rotatable bonds is 5. The van der Waals surface area contributed by atoms with E-state index in [1.54, 1.807) is 6.07 Å². The van der Waals surface area contributed by atoms with E-state index in [0.717, 1.165) is 18.7 Å². The molecule has 0 aliphatic carbocycles. The van der Waals surface area contributed by atoms with Crippen LogP contribution >= 0.6 is 0 Å². The first-order valence-electron chi connectivity index (χ1n) is 7.34. The Bertz CT molecular complexity index is 473. The monoisotopic (exact) mass is 275 g/mol. The fourth-order valence-electron chi connectivity index (χ4n) is 2.74. The minimum absolute atomic E-state index is 0.281. The SMILES string of the molecule is CCN1CCC(CNCc2cc(F)ccc2C#N)CC1. The molecule has 0 spiro atoms. The van der Waals surface area contributed by atoms with Crippen LogP contribution in [0.15, 0.2) is 18.2 Å². The summed E-state index contributed by atoms with van der Waals surface area (Å²) in [5.41, 5.74) is 1.30. The van der Waals surface area contributed by atoms with Crippen molar-refractivity contribution in [3.05, 3.63) is 35.1 Å². The van der Waals surface area contributed by atoms with Crippen LogP contribution in [0.4, 0.5) is 4.39 Å². The van der Waals surface area contributed by atoms with Crippen molar-refractivity contribution in [3.8, 4) is 6.07 Å². The molecule has 0 amide bonds. The summed E-state index contributed by atoms with van der Waals surface area (Å²) < 4.78 is 13.2. The lowest BCUT2D eigenvalue weighted by atomic mass is 9.96. The molecule has 1 fully saturated rings. The summed E-state index contributed by atoms with van der Waals surface area (Å²) in [4.78, 5) is 2.47. The second kappa shape index (κ2) is 7.37. The van der Waals surface area contributed by atoms with Gasteiger partial charge < -0.3 is 10.2 Å². The standard InChI is InChI=1S/C16H22FN3/c1-2-20-7-5-13(6-8-20)11-19-12-15-9-16(17)4-3-14(15)10-18/h3-4,9,13,19H,2,5-8,11-12H2,1H3. The van der Waals surface area contributed by atoms with Crippen molar-refractivity contribution in [2.45, 2.75) is 26.3 Å². The second-order valence-corrected chi connectivity index (χ2v) is 5.42. The molecular weight excluding hydrogens is 253 g/mol. The molecule has 1 aliphatic heterocycles. The highest BCUT2D eigenvalue weighted by Gasteiger charge is 2.17. The molecule has 2 rings (SSSR count). The highest BCUT2D eigenvalue weighted by Crippen LogP contribution is 2.16. The first-order valence-corrected chi connectivity index (χ1v) is 7.34. The van der Waals surface area contributed by atoms with E-state index in [1.165, 1.54) is 38.1 Å². The summed E-state index contributed by atoms with van der Waals surface area (Å²) in [7, 11) is 0. The van der Waals surface area contributed by atoms with Crippen molar-refractivity contribution in [3.63, 3.8) is 0 Å². The van der Waals surface area contributed by atoms with E-state index < -0.39 is 0 Å². The van der Waals surface area contributed by atoms with Gasteiger partial charge >= 0.3 is 0 Å². The maximum atomic E-state index is 13.2. The van der Waals surface area contributed by atoms with Crippen LogP contribution in [0.25, 0.3) is 0 Å². The Balaban J connectivity index is 1.79. The third kappa shape index (κ3) is 4.03. The topological polar surface area (TPSA) is 39.1 Å². The lowest BCUT2D eigenvalue weighted by Gasteiger charge is -2.31. The number of likely N-dealkylation sites (tertiary alicyclic amines) is 1. The number of piperidine rings is 1. The minimum Gasteiger partial charge on any atom is -0.312 e. The Kier molecular flexibility index (Phi) is 5.51. The van der Waals surface area contributed by atoms with E-state index in [2.05, 4.69) is 23.2 Å². The normalized spacial score (nSPS) is 17.1. The average molecular weight is 275 g/mol. The van der Waals surface area contributed by atoms with E-state index in [1.807, 2.05) is 0 Å². The first-order chi connectivity index (χ1) is 9.72. The molecule has 1 aliphatic rings. The molecule has 0 saturated carbocycles. The van der Waals surface area contributed by atoms with Gasteiger partial charge in [0.05, 0.1) is 11.6 Å². The molecule has 0 unspecified atom stereocenters. The van der Waals surface area contributed by atoms with Crippen LogP contribution in [0.3, 0.4) is 0 Å². The number of hydrogen-bond donors (Lipinski definition) is 1. The van der Waals surface area contributed by atoms with E-state index in [-0.39, 0.29) is 5.82 Å². The van der Waals surface area contributed by atoms with E-state index in [9.17, 15) is 4.39 Å². The van der Waals surface area contributed by atoms with Gasteiger partial charge in [0.1, 0.15) is 5.82 Å². The summed E-state index contributed by atoms with van der Waals surface area (Å²) in [6, 6.07) is 6.44. The Morgan fingerprint density at radius 1 is 1.40 bits per heavy atom. The molecule has 0 atom stereocenters. The van der Waals surface area contributed by atoms with E-state index in [4.69, 9.17) is 5.26 Å². The Morgan fingerprint density at radius 3 is 2.80 bits per heavy atom. The lowest BCUT2D eigenvalue weighted by molar-refractivity contribution is 0.190. The molecule has 20 heavy (non-hydrogen) atoms. The molecule has 1 heterocycles. The molecule has 1 aromatic rings. The molecule has 0 bridgehead atoms. The first kappa shape index (κ1) is 15.0. The fourth-order valence-corrected chi connectivity index (χ4v) is 2.74. The maximum Gasteiger partial charge on any atom is 0.123 e. The van der Waals surface area contributed by atoms with Gasteiger partial charge in [-0.25, -0.2) is 4.39 Å². The quantitative estimate of drug-likeness (QED) is 0.897. The predicted octanol–water partition coefficient (Wildman–Crippen LogP) is 2.52. The zero-order chi connectivity index (χ0) is 14.4. The summed E-state index contributed by atoms with van der Waals surface area (Å²) in [5, 5.41) is 12.4. The Labute approximate surface area is 120 Å². The van der Waals surface area contributed by atoms with Gasteiger partial charge in [-0.05, 0) is 68.7 Å². The van der Waals surface area contributed by atoms with Gasteiger partial charge in [-0.3, -0.25) is 0 Å². The number of nitriles is 1. The van der Waals surface area contributed by atoms with Crippen LogP contribution in [-0.2, 0) is 6.54 Å². The van der Waals surface area contributed by atoms with Crippen molar-refractivity contribution in [2.75, 3.05) is 26.2 Å². The van der Waals surface area contributed by atoms with Crippen LogP contribution in [0.5, 0.6) is 0 Å². The van der Waals surface area contributed by atoms with E-state index >= 15 is 0 Å². The van der Waals surface area contributed by atoms with Crippen LogP contribution in [-0.4, -0.2) is 31.1 Å². The zero-order valence-corrected chi connectivity index (χ0v) is 12.0. The summed E-state index contributed by atoms with van der Waals surface area (Å²) in [6.45, 7) is 7.19. The van der Waals surface area contributed by atoms with Gasteiger partial charge in [0, 0.05) is 6.54 Å². The number of benzene rings is 1. The number of hydrogen-bond acceptors (Lipinski definition) is 3. The van der Waals surface area contributed by atoms with Crippen molar-refractivity contribution < 1.29 is 4.39 Å². The second-order valence-electron chi connectivity index (χ2n) is 5.42. The summed E-state index contributed by atoms with van der Waals surface area (Å²) >= 11 is 0. The van der Waals surface area contributed by atoms with E-state index in [0.29, 0.717) is 18.0 Å². The van der Waals surface area contributed by atoms with Crippen LogP contribution in [0.1, 0.15) is 30.9 Å². The zero-order valence-electron chi connectivity index (χ0n) is 12.0. The average Bonchev–Trinajstić information content (AvgIpc) is 2.48. The Morgan fingerprint density at radius 2 is 2.15 bits per heavy atom. The van der Waals surface area contributed by atoms with Gasteiger partial charge in [-0.2, -0.15) is 5.26 Å². The predicted molar refractivity (Wildman–Crippen MR) is 77.7 cm³/mol. The van der Waals surface area contributed by atoms with Crippen LogP contribution in [0.2, 0.25) is 0 Å². The van der Waals surface area contributed by atoms with Crippen LogP contribution < -0.4 is 5.32 Å². The minimum atomic E-state index is -0.281. The van der Waals surface area contributed by atoms with Crippen molar-refractivity contribution >= 4 is 0 Å². The smallest absolute Gasteiger partial charge is 0.123 e. The highest BCUT2D eigenvalue weighted by molar-refractivity contribution is 5.37. The largest absolute Gasteiger partial charge is 0.312 e. The molecule has 3 nitrogen and oxygen atoms in total. The fraction of sp³-hybridized carbons (Fsp3) is 0.562.